The first-order valence-electron chi connectivity index (χ1n) is 7.01. The smallest absolute Gasteiger partial charge is 0.0951 e. The molecule has 0 aromatic carbocycles. The normalized spacial score (nSPS) is 21.4. The van der Waals surface area contributed by atoms with Gasteiger partial charge in [0.05, 0.1) is 12.0 Å². The molecule has 1 unspecified atom stereocenters. The van der Waals surface area contributed by atoms with E-state index in [0.29, 0.717) is 6.04 Å². The molecule has 1 aliphatic carbocycles. The second-order valence-electron chi connectivity index (χ2n) is 5.39. The van der Waals surface area contributed by atoms with E-state index in [4.69, 9.17) is 5.73 Å². The van der Waals surface area contributed by atoms with E-state index in [1.807, 2.05) is 19.4 Å². The van der Waals surface area contributed by atoms with Crippen LogP contribution in [0, 0.1) is 5.92 Å². The minimum Gasteiger partial charge on any atom is -0.330 e. The fraction of sp³-hybridized carbons (Fsp3) is 0.786. The summed E-state index contributed by atoms with van der Waals surface area (Å²) < 4.78 is 2.33. The van der Waals surface area contributed by atoms with Crippen LogP contribution < -0.4 is 5.73 Å². The zero-order valence-electron chi connectivity index (χ0n) is 11.1. The quantitative estimate of drug-likeness (QED) is 0.868. The Morgan fingerprint density at radius 1 is 1.41 bits per heavy atom. The van der Waals surface area contributed by atoms with Gasteiger partial charge in [-0.15, -0.1) is 0 Å². The molecule has 1 heterocycles. The minimum atomic E-state index is 0.0788. The Balaban J connectivity index is 2.18. The van der Waals surface area contributed by atoms with Gasteiger partial charge in [-0.25, -0.2) is 4.98 Å². The van der Waals surface area contributed by atoms with E-state index in [9.17, 15) is 0 Å². The lowest BCUT2D eigenvalue weighted by molar-refractivity contribution is 0.238. The third-order valence-corrected chi connectivity index (χ3v) is 4.13. The van der Waals surface area contributed by atoms with Gasteiger partial charge in [0.2, 0.25) is 0 Å². The molecule has 0 spiro atoms. The third kappa shape index (κ3) is 2.71. The number of nitrogens with two attached hydrogens (primary N) is 1. The molecule has 2 N–H and O–H groups in total. The Kier molecular flexibility index (Phi) is 4.21. The van der Waals surface area contributed by atoms with Gasteiger partial charge in [0.25, 0.3) is 0 Å². The van der Waals surface area contributed by atoms with E-state index in [0.717, 1.165) is 5.92 Å². The Hall–Kier alpha value is -0.830. The standard InChI is InChI=1S/C14H25N3/c1-3-13(12-7-5-4-6-8-12)17-10-16-9-14(17)11(2)15/h9-13H,3-8,15H2,1-2H3/t11-,13?/m0/s1. The summed E-state index contributed by atoms with van der Waals surface area (Å²) in [5, 5.41) is 0. The maximum Gasteiger partial charge on any atom is 0.0951 e. The highest BCUT2D eigenvalue weighted by molar-refractivity contribution is 5.05. The molecule has 3 nitrogen and oxygen atoms in total. The zero-order valence-corrected chi connectivity index (χ0v) is 11.1. The Labute approximate surface area is 104 Å². The number of imidazole rings is 1. The van der Waals surface area contributed by atoms with E-state index in [2.05, 4.69) is 16.5 Å². The van der Waals surface area contributed by atoms with Crippen molar-refractivity contribution in [2.45, 2.75) is 64.5 Å². The van der Waals surface area contributed by atoms with Gasteiger partial charge in [-0.1, -0.05) is 26.2 Å². The molecule has 17 heavy (non-hydrogen) atoms. The number of rotatable bonds is 4. The van der Waals surface area contributed by atoms with E-state index in [-0.39, 0.29) is 6.04 Å². The summed E-state index contributed by atoms with van der Waals surface area (Å²) in [7, 11) is 0. The summed E-state index contributed by atoms with van der Waals surface area (Å²) in [4.78, 5) is 4.29. The lowest BCUT2D eigenvalue weighted by Crippen LogP contribution is -2.24. The second kappa shape index (κ2) is 5.67. The first kappa shape index (κ1) is 12.6. The topological polar surface area (TPSA) is 43.8 Å². The molecule has 2 atom stereocenters. The highest BCUT2D eigenvalue weighted by atomic mass is 15.1. The number of hydrogen-bond acceptors (Lipinski definition) is 2. The third-order valence-electron chi connectivity index (χ3n) is 4.13. The SMILES string of the molecule is CCC(C1CCCCC1)n1cncc1[C@H](C)N. The van der Waals surface area contributed by atoms with Crippen molar-refractivity contribution in [1.29, 1.82) is 0 Å². The average Bonchev–Trinajstić information content (AvgIpc) is 2.81. The lowest BCUT2D eigenvalue weighted by Gasteiger charge is -2.32. The summed E-state index contributed by atoms with van der Waals surface area (Å²) in [5.41, 5.74) is 7.20. The van der Waals surface area contributed by atoms with Crippen LogP contribution in [0.1, 0.15) is 70.2 Å². The number of nitrogens with zero attached hydrogens (tertiary/aromatic N) is 2. The monoisotopic (exact) mass is 235 g/mol. The van der Waals surface area contributed by atoms with E-state index < -0.39 is 0 Å². The molecule has 1 aliphatic rings. The van der Waals surface area contributed by atoms with Gasteiger partial charge >= 0.3 is 0 Å². The predicted octanol–water partition coefficient (Wildman–Crippen LogP) is 3.43. The van der Waals surface area contributed by atoms with Gasteiger partial charge in [0.1, 0.15) is 0 Å². The van der Waals surface area contributed by atoms with Crippen molar-refractivity contribution in [2.24, 2.45) is 11.7 Å². The van der Waals surface area contributed by atoms with Crippen LogP contribution >= 0.6 is 0 Å². The summed E-state index contributed by atoms with van der Waals surface area (Å²) in [6, 6.07) is 0.675. The molecular weight excluding hydrogens is 210 g/mol. The highest BCUT2D eigenvalue weighted by Crippen LogP contribution is 2.35. The van der Waals surface area contributed by atoms with Crippen LogP contribution in [-0.4, -0.2) is 9.55 Å². The molecule has 0 aliphatic heterocycles. The zero-order chi connectivity index (χ0) is 12.3. The van der Waals surface area contributed by atoms with E-state index in [1.165, 1.54) is 44.2 Å². The number of aromatic nitrogens is 2. The van der Waals surface area contributed by atoms with E-state index in [1.54, 1.807) is 0 Å². The maximum atomic E-state index is 6.02. The summed E-state index contributed by atoms with van der Waals surface area (Å²) in [6.07, 6.45) is 12.0. The van der Waals surface area contributed by atoms with Crippen LogP contribution in [0.3, 0.4) is 0 Å². The largest absolute Gasteiger partial charge is 0.330 e. The predicted molar refractivity (Wildman–Crippen MR) is 70.7 cm³/mol. The van der Waals surface area contributed by atoms with E-state index >= 15 is 0 Å². The van der Waals surface area contributed by atoms with Gasteiger partial charge in [-0.2, -0.15) is 0 Å². The molecule has 1 saturated carbocycles. The molecule has 0 radical (unpaired) electrons. The van der Waals surface area contributed by atoms with Crippen molar-refractivity contribution in [1.82, 2.24) is 9.55 Å². The molecule has 0 amide bonds. The first-order chi connectivity index (χ1) is 8.24. The van der Waals surface area contributed by atoms with Crippen LogP contribution in [0.5, 0.6) is 0 Å². The minimum absolute atomic E-state index is 0.0788. The van der Waals surface area contributed by atoms with Gasteiger partial charge < -0.3 is 10.3 Å². The van der Waals surface area contributed by atoms with Crippen LogP contribution in [-0.2, 0) is 0 Å². The molecule has 0 saturated heterocycles. The molecule has 2 rings (SSSR count). The van der Waals surface area contributed by atoms with Crippen molar-refractivity contribution >= 4 is 0 Å². The summed E-state index contributed by atoms with van der Waals surface area (Å²) in [5.74, 6) is 0.820. The summed E-state index contributed by atoms with van der Waals surface area (Å²) in [6.45, 7) is 4.32. The van der Waals surface area contributed by atoms with Crippen LogP contribution in [0.15, 0.2) is 12.5 Å². The van der Waals surface area contributed by atoms with Crippen LogP contribution in [0.2, 0.25) is 0 Å². The summed E-state index contributed by atoms with van der Waals surface area (Å²) >= 11 is 0. The number of hydrogen-bond donors (Lipinski definition) is 1. The van der Waals surface area contributed by atoms with Gasteiger partial charge in [-0.3, -0.25) is 0 Å². The molecular formula is C14H25N3. The van der Waals surface area contributed by atoms with Gasteiger partial charge in [0, 0.05) is 18.3 Å². The fourth-order valence-corrected chi connectivity index (χ4v) is 3.22. The molecule has 0 bridgehead atoms. The molecule has 1 fully saturated rings. The molecule has 3 heteroatoms. The molecule has 1 aromatic heterocycles. The highest BCUT2D eigenvalue weighted by Gasteiger charge is 2.25. The van der Waals surface area contributed by atoms with Gasteiger partial charge in [0.15, 0.2) is 0 Å². The Morgan fingerprint density at radius 2 is 2.12 bits per heavy atom. The second-order valence-corrected chi connectivity index (χ2v) is 5.39. The first-order valence-corrected chi connectivity index (χ1v) is 7.01. The van der Waals surface area contributed by atoms with Gasteiger partial charge in [-0.05, 0) is 32.1 Å². The van der Waals surface area contributed by atoms with Crippen molar-refractivity contribution < 1.29 is 0 Å². The van der Waals surface area contributed by atoms with Crippen molar-refractivity contribution in [2.75, 3.05) is 0 Å². The van der Waals surface area contributed by atoms with Crippen LogP contribution in [0.25, 0.3) is 0 Å². The maximum absolute atomic E-state index is 6.02. The van der Waals surface area contributed by atoms with Crippen molar-refractivity contribution in [3.63, 3.8) is 0 Å². The van der Waals surface area contributed by atoms with Crippen molar-refractivity contribution in [3.8, 4) is 0 Å². The fourth-order valence-electron chi connectivity index (χ4n) is 3.22. The average molecular weight is 235 g/mol. The lowest BCUT2D eigenvalue weighted by atomic mass is 9.82. The Morgan fingerprint density at radius 3 is 2.71 bits per heavy atom. The Bertz CT molecular complexity index is 337. The van der Waals surface area contributed by atoms with Crippen molar-refractivity contribution in [3.05, 3.63) is 18.2 Å². The van der Waals surface area contributed by atoms with Crippen LogP contribution in [0.4, 0.5) is 0 Å². The molecule has 1 aromatic rings. The molecule has 96 valence electrons.